The molecule has 0 amide bonds. The highest BCUT2D eigenvalue weighted by Gasteiger charge is 2.27. The lowest BCUT2D eigenvalue weighted by molar-refractivity contribution is -0.150. The zero-order valence-corrected chi connectivity index (χ0v) is 10.7. The monoisotopic (exact) mass is 270 g/mol. The summed E-state index contributed by atoms with van der Waals surface area (Å²) in [7, 11) is 0. The van der Waals surface area contributed by atoms with Crippen LogP contribution >= 0.6 is 15.9 Å². The molecule has 0 radical (unpaired) electrons. The summed E-state index contributed by atoms with van der Waals surface area (Å²) in [5, 5.41) is 0. The van der Waals surface area contributed by atoms with Crippen molar-refractivity contribution in [3.8, 4) is 0 Å². The Balaban J connectivity index is 2.65. The van der Waals surface area contributed by atoms with E-state index in [-0.39, 0.29) is 12.1 Å². The molecule has 15 heavy (non-hydrogen) atoms. The Morgan fingerprint density at radius 2 is 1.87 bits per heavy atom. The molecule has 3 heteroatoms. The summed E-state index contributed by atoms with van der Waals surface area (Å²) in [6.07, 6.45) is -0.212. The Morgan fingerprint density at radius 3 is 2.33 bits per heavy atom. The number of hydrogen-bond donors (Lipinski definition) is 0. The Labute approximate surface area is 98.8 Å². The molecule has 0 saturated carbocycles. The van der Waals surface area contributed by atoms with Crippen LogP contribution in [0, 0.1) is 0 Å². The highest BCUT2D eigenvalue weighted by molar-refractivity contribution is 9.10. The molecule has 0 aromatic heterocycles. The van der Waals surface area contributed by atoms with Gasteiger partial charge in [0.25, 0.3) is 0 Å². The summed E-state index contributed by atoms with van der Waals surface area (Å²) in [4.78, 5) is 11.6. The average Bonchev–Trinajstić information content (AvgIpc) is 2.17. The Kier molecular flexibility index (Phi) is 3.91. The van der Waals surface area contributed by atoms with Crippen LogP contribution in [0.5, 0.6) is 0 Å². The molecule has 1 atom stereocenters. The molecule has 1 aromatic rings. The normalized spacial score (nSPS) is 13.3. The van der Waals surface area contributed by atoms with Gasteiger partial charge < -0.3 is 4.74 Å². The average molecular weight is 271 g/mol. The van der Waals surface area contributed by atoms with Crippen molar-refractivity contribution in [3.05, 3.63) is 35.9 Å². The Bertz CT molecular complexity index is 327. The van der Waals surface area contributed by atoms with E-state index in [1.165, 1.54) is 0 Å². The van der Waals surface area contributed by atoms with Gasteiger partial charge in [0.05, 0.1) is 0 Å². The van der Waals surface area contributed by atoms with Crippen LogP contribution in [-0.2, 0) is 9.53 Å². The highest BCUT2D eigenvalue weighted by Crippen LogP contribution is 2.23. The van der Waals surface area contributed by atoms with Gasteiger partial charge in [0.15, 0.2) is 0 Å². The quantitative estimate of drug-likeness (QED) is 0.621. The second kappa shape index (κ2) is 4.79. The first kappa shape index (κ1) is 12.2. The molecule has 82 valence electrons. The van der Waals surface area contributed by atoms with Crippen molar-refractivity contribution in [1.82, 2.24) is 0 Å². The number of carbonyl (C=O) groups is 1. The first-order valence-corrected chi connectivity index (χ1v) is 5.65. The zero-order chi connectivity index (χ0) is 11.5. The summed E-state index contributed by atoms with van der Waals surface area (Å²) >= 11 is 3.27. The first-order valence-electron chi connectivity index (χ1n) is 4.86. The predicted molar refractivity (Wildman–Crippen MR) is 64.0 cm³/mol. The maximum Gasteiger partial charge on any atom is 0.322 e. The summed E-state index contributed by atoms with van der Waals surface area (Å²) in [6, 6.07) is 9.68. The number of esters is 1. The predicted octanol–water partition coefficient (Wildman–Crippen LogP) is 3.46. The van der Waals surface area contributed by atoms with Gasteiger partial charge in [-0.25, -0.2) is 0 Å². The van der Waals surface area contributed by atoms with Crippen LogP contribution < -0.4 is 0 Å². The van der Waals surface area contributed by atoms with E-state index >= 15 is 0 Å². The molecule has 1 aromatic carbocycles. The number of ether oxygens (including phenoxy) is 1. The van der Waals surface area contributed by atoms with Gasteiger partial charge in [-0.2, -0.15) is 0 Å². The van der Waals surface area contributed by atoms with Crippen molar-refractivity contribution in [2.45, 2.75) is 31.2 Å². The Hall–Kier alpha value is -0.830. The van der Waals surface area contributed by atoms with E-state index in [0.29, 0.717) is 0 Å². The smallest absolute Gasteiger partial charge is 0.322 e. The van der Waals surface area contributed by atoms with Crippen molar-refractivity contribution in [2.24, 2.45) is 0 Å². The van der Waals surface area contributed by atoms with Crippen molar-refractivity contribution in [1.29, 1.82) is 0 Å². The maximum absolute atomic E-state index is 11.6. The number of carbonyl (C=O) groups excluding carboxylic acids is 1. The summed E-state index contributed by atoms with van der Waals surface area (Å²) in [6.45, 7) is 5.41. The maximum atomic E-state index is 11.6. The van der Waals surface area contributed by atoms with Crippen LogP contribution in [0.1, 0.15) is 32.4 Å². The van der Waals surface area contributed by atoms with Crippen LogP contribution in [0.2, 0.25) is 0 Å². The van der Waals surface area contributed by atoms with Crippen molar-refractivity contribution in [3.63, 3.8) is 0 Å². The highest BCUT2D eigenvalue weighted by atomic mass is 79.9. The lowest BCUT2D eigenvalue weighted by Gasteiger charge is -2.19. The fourth-order valence-electron chi connectivity index (χ4n) is 1.09. The minimum absolute atomic E-state index is 0.212. The number of rotatable bonds is 3. The SMILES string of the molecule is CC(OC(=O)C(C)(C)Br)c1ccccc1. The second-order valence-electron chi connectivity index (χ2n) is 3.93. The zero-order valence-electron chi connectivity index (χ0n) is 9.16. The number of benzene rings is 1. The third kappa shape index (κ3) is 3.67. The third-order valence-corrected chi connectivity index (χ3v) is 2.36. The molecular weight excluding hydrogens is 256 g/mol. The van der Waals surface area contributed by atoms with Gasteiger partial charge in [-0.3, -0.25) is 4.79 Å². The lowest BCUT2D eigenvalue weighted by Crippen LogP contribution is -2.27. The van der Waals surface area contributed by atoms with E-state index in [4.69, 9.17) is 4.74 Å². The molecule has 0 aliphatic carbocycles. The molecule has 1 unspecified atom stereocenters. The van der Waals surface area contributed by atoms with Gasteiger partial charge in [0, 0.05) is 0 Å². The number of halogens is 1. The van der Waals surface area contributed by atoms with Gasteiger partial charge in [-0.05, 0) is 26.3 Å². The molecule has 0 N–H and O–H groups in total. The molecule has 0 bridgehead atoms. The molecular formula is C12H15BrO2. The topological polar surface area (TPSA) is 26.3 Å². The van der Waals surface area contributed by atoms with Gasteiger partial charge in [0.2, 0.25) is 0 Å². The van der Waals surface area contributed by atoms with E-state index in [1.54, 1.807) is 13.8 Å². The minimum Gasteiger partial charge on any atom is -0.457 e. The summed E-state index contributed by atoms with van der Waals surface area (Å²) in [5.74, 6) is -0.251. The fourth-order valence-corrected chi connectivity index (χ4v) is 1.19. The first-order chi connectivity index (χ1) is 6.91. The van der Waals surface area contributed by atoms with Crippen LogP contribution in [0.25, 0.3) is 0 Å². The van der Waals surface area contributed by atoms with Crippen LogP contribution in [0.3, 0.4) is 0 Å². The summed E-state index contributed by atoms with van der Waals surface area (Å²) < 4.78 is 4.69. The van der Waals surface area contributed by atoms with E-state index in [1.807, 2.05) is 37.3 Å². The molecule has 0 saturated heterocycles. The fraction of sp³-hybridized carbons (Fsp3) is 0.417. The van der Waals surface area contributed by atoms with Crippen LogP contribution in [0.15, 0.2) is 30.3 Å². The van der Waals surface area contributed by atoms with Crippen molar-refractivity contribution in [2.75, 3.05) is 0 Å². The van der Waals surface area contributed by atoms with Gasteiger partial charge in [-0.15, -0.1) is 0 Å². The van der Waals surface area contributed by atoms with E-state index in [0.717, 1.165) is 5.56 Å². The molecule has 1 rings (SSSR count). The molecule has 0 aliphatic rings. The third-order valence-electron chi connectivity index (χ3n) is 2.04. The van der Waals surface area contributed by atoms with Crippen LogP contribution in [-0.4, -0.2) is 10.3 Å². The largest absolute Gasteiger partial charge is 0.457 e. The Morgan fingerprint density at radius 1 is 1.33 bits per heavy atom. The molecule has 2 nitrogen and oxygen atoms in total. The lowest BCUT2D eigenvalue weighted by atomic mass is 10.1. The van der Waals surface area contributed by atoms with E-state index in [9.17, 15) is 4.79 Å². The second-order valence-corrected chi connectivity index (χ2v) is 5.91. The van der Waals surface area contributed by atoms with Crippen molar-refractivity contribution < 1.29 is 9.53 Å². The van der Waals surface area contributed by atoms with E-state index < -0.39 is 4.32 Å². The van der Waals surface area contributed by atoms with Gasteiger partial charge in [0.1, 0.15) is 10.4 Å². The van der Waals surface area contributed by atoms with E-state index in [2.05, 4.69) is 15.9 Å². The van der Waals surface area contributed by atoms with Gasteiger partial charge >= 0.3 is 5.97 Å². The van der Waals surface area contributed by atoms with Crippen molar-refractivity contribution >= 4 is 21.9 Å². The number of alkyl halides is 1. The molecule has 0 fully saturated rings. The van der Waals surface area contributed by atoms with Crippen LogP contribution in [0.4, 0.5) is 0 Å². The number of hydrogen-bond acceptors (Lipinski definition) is 2. The molecule has 0 heterocycles. The standard InChI is InChI=1S/C12H15BrO2/c1-9(10-7-5-4-6-8-10)15-11(14)12(2,3)13/h4-9H,1-3H3. The summed E-state index contributed by atoms with van der Waals surface area (Å²) in [5.41, 5.74) is 1.00. The minimum atomic E-state index is -0.629. The van der Waals surface area contributed by atoms with Gasteiger partial charge in [-0.1, -0.05) is 46.3 Å². The molecule has 0 spiro atoms. The molecule has 0 aliphatic heterocycles.